The number of hydrogen-bond donors (Lipinski definition) is 1. The normalized spacial score (nSPS) is 25.7. The number of carbonyl (C=O) groups excluding carboxylic acids is 2. The second-order valence-corrected chi connectivity index (χ2v) is 20.8. The van der Waals surface area contributed by atoms with E-state index in [2.05, 4.69) is 57.2 Å². The summed E-state index contributed by atoms with van der Waals surface area (Å²) in [6.07, 6.45) is 13.8. The minimum absolute atomic E-state index is 0.0527. The summed E-state index contributed by atoms with van der Waals surface area (Å²) in [4.78, 5) is 36.0. The summed E-state index contributed by atoms with van der Waals surface area (Å²) >= 11 is -1.98. The Bertz CT molecular complexity index is 1700. The van der Waals surface area contributed by atoms with Gasteiger partial charge in [-0.2, -0.15) is 0 Å². The maximum absolute atomic E-state index is 14.7. The fourth-order valence-corrected chi connectivity index (χ4v) is 13.7. The molecule has 2 saturated heterocycles. The molecule has 3 aromatic rings. The summed E-state index contributed by atoms with van der Waals surface area (Å²) in [5.74, 6) is 1.74. The van der Waals surface area contributed by atoms with E-state index in [9.17, 15) is 14.7 Å². The van der Waals surface area contributed by atoms with Gasteiger partial charge in [0.05, 0.1) is 7.11 Å². The van der Waals surface area contributed by atoms with Crippen molar-refractivity contribution in [2.45, 2.75) is 103 Å². The Kier molecular flexibility index (Phi) is 10.4. The number of aliphatic hydroxyl groups is 1. The number of likely N-dealkylation sites (tertiary alicyclic amines) is 1. The molecule has 1 aromatic carbocycles. The smallest absolute Gasteiger partial charge is 0.0361 e. The number of amides is 2. The average molecular weight is 812 g/mol. The number of aromatic nitrogens is 3. The number of rotatable bonds is 9. The Labute approximate surface area is 310 Å². The number of β-amino-alcohol motifs (C(OH)–C–C–N with tert-alkyl or cyclic N) is 1. The molecule has 2 amide bonds. The molecule has 2 aromatic heterocycles. The van der Waals surface area contributed by atoms with Crippen LogP contribution in [0.25, 0.3) is 11.1 Å². The summed E-state index contributed by atoms with van der Waals surface area (Å²) in [6.45, 7) is 10.1. The van der Waals surface area contributed by atoms with Gasteiger partial charge in [-0.3, -0.25) is 0 Å². The molecule has 3 aliphatic carbocycles. The van der Waals surface area contributed by atoms with Crippen molar-refractivity contribution in [1.29, 1.82) is 0 Å². The van der Waals surface area contributed by atoms with E-state index in [1.54, 1.807) is 12.0 Å². The van der Waals surface area contributed by atoms with Crippen molar-refractivity contribution in [3.63, 3.8) is 0 Å². The summed E-state index contributed by atoms with van der Waals surface area (Å²) < 4.78 is 15.3. The number of aliphatic hydroxyl groups excluding tert-OH is 1. The number of nitrogens with zero attached hydrogens (tertiary/aromatic N) is 5. The first kappa shape index (κ1) is 36.2. The second-order valence-electron chi connectivity index (χ2n) is 15.8. The molecule has 1 atom stereocenters. The van der Waals surface area contributed by atoms with Gasteiger partial charge in [0.15, 0.2) is 0 Å². The molecule has 0 radical (unpaired) electrons. The Morgan fingerprint density at radius 2 is 1.71 bits per heavy atom. The molecular formula is C40H54IN5O5. The van der Waals surface area contributed by atoms with Crippen LogP contribution in [0.2, 0.25) is 0 Å². The molecule has 5 fully saturated rings. The molecule has 2 bridgehead atoms. The van der Waals surface area contributed by atoms with Gasteiger partial charge in [0, 0.05) is 0 Å². The number of halogens is 1. The molecule has 10 nitrogen and oxygen atoms in total. The Morgan fingerprint density at radius 3 is 2.29 bits per heavy atom. The summed E-state index contributed by atoms with van der Waals surface area (Å²) in [5, 5.41) is 14.4. The van der Waals surface area contributed by atoms with E-state index in [0.29, 0.717) is 31.9 Å². The third-order valence-electron chi connectivity index (χ3n) is 12.2. The van der Waals surface area contributed by atoms with Gasteiger partial charge >= 0.3 is 255 Å². The van der Waals surface area contributed by atoms with Crippen LogP contribution in [0.5, 0.6) is 5.75 Å². The van der Waals surface area contributed by atoms with E-state index in [1.165, 1.54) is 16.7 Å². The van der Waals surface area contributed by atoms with Crippen LogP contribution in [-0.2, 0) is 13.3 Å². The molecule has 1 unspecified atom stereocenters. The molecular weight excluding hydrogens is 757 g/mol. The van der Waals surface area contributed by atoms with Gasteiger partial charge in [-0.15, -0.1) is 0 Å². The van der Waals surface area contributed by atoms with Gasteiger partial charge in [-0.25, -0.2) is 0 Å². The van der Waals surface area contributed by atoms with Gasteiger partial charge in [0.25, 0.3) is 0 Å². The van der Waals surface area contributed by atoms with Crippen molar-refractivity contribution >= 4 is 38.1 Å². The van der Waals surface area contributed by atoms with Gasteiger partial charge < -0.3 is 4.74 Å². The molecule has 2 aliphatic heterocycles. The van der Waals surface area contributed by atoms with E-state index >= 15 is 0 Å². The molecule has 3 saturated carbocycles. The predicted octanol–water partition coefficient (Wildman–Crippen LogP) is 7.81. The van der Waals surface area contributed by atoms with E-state index < -0.39 is 26.3 Å². The first-order valence-corrected chi connectivity index (χ1v) is 22.7. The number of aryl methyl sites for hydroxylation is 2. The summed E-state index contributed by atoms with van der Waals surface area (Å²) in [7, 11) is 1.75. The quantitative estimate of drug-likeness (QED) is 0.174. The molecule has 5 aliphatic rings. The number of benzene rings is 1. The van der Waals surface area contributed by atoms with Crippen LogP contribution in [-0.4, -0.2) is 78.5 Å². The molecule has 276 valence electrons. The fourth-order valence-electron chi connectivity index (χ4n) is 8.97. The summed E-state index contributed by atoms with van der Waals surface area (Å²) in [6, 6.07) is 9.04. The van der Waals surface area contributed by atoms with Gasteiger partial charge in [0.2, 0.25) is 0 Å². The maximum atomic E-state index is 14.7. The Balaban J connectivity index is 1.10. The van der Waals surface area contributed by atoms with E-state index in [1.807, 2.05) is 28.0 Å². The van der Waals surface area contributed by atoms with E-state index in [-0.39, 0.29) is 34.8 Å². The Morgan fingerprint density at radius 1 is 1.02 bits per heavy atom. The van der Waals surface area contributed by atoms with Gasteiger partial charge in [0.1, 0.15) is 5.75 Å². The van der Waals surface area contributed by atoms with Crippen molar-refractivity contribution in [3.8, 4) is 16.9 Å². The van der Waals surface area contributed by atoms with Crippen LogP contribution >= 0.6 is 20.2 Å². The minimum atomic E-state index is -1.98. The number of hydrogen-bond acceptors (Lipinski definition) is 7. The number of fused-ring (bicyclic) bond motifs is 3. The molecule has 0 spiro atoms. The van der Waals surface area contributed by atoms with E-state index in [4.69, 9.17) is 12.8 Å². The Hall–Kier alpha value is -3.19. The third kappa shape index (κ3) is 7.39. The number of ether oxygens (including phenoxy) is 1. The van der Waals surface area contributed by atoms with Crippen molar-refractivity contribution in [2.24, 2.45) is 11.3 Å². The van der Waals surface area contributed by atoms with Crippen LogP contribution in [0, 0.1) is 25.2 Å². The predicted molar refractivity (Wildman–Crippen MR) is 208 cm³/mol. The molecule has 51 heavy (non-hydrogen) atoms. The average Bonchev–Trinajstić information content (AvgIpc) is 3.82. The van der Waals surface area contributed by atoms with Gasteiger partial charge in [-0.05, 0) is 38.8 Å². The zero-order chi connectivity index (χ0) is 35.9. The van der Waals surface area contributed by atoms with Crippen LogP contribution in [0.3, 0.4) is 0 Å². The van der Waals surface area contributed by atoms with E-state index in [0.717, 1.165) is 77.1 Å². The first-order valence-electron chi connectivity index (χ1n) is 18.7. The van der Waals surface area contributed by atoms with Crippen molar-refractivity contribution in [1.82, 2.24) is 19.7 Å². The summed E-state index contributed by atoms with van der Waals surface area (Å²) in [5.41, 5.74) is 6.11. The minimum Gasteiger partial charge on any atom is -0.0361 e. The number of pyridine rings is 1. The number of carbonyl (C=O) groups is 2. The molecule has 8 rings (SSSR count). The fraction of sp³-hybridized carbons (Fsp3) is 0.600. The van der Waals surface area contributed by atoms with Crippen molar-refractivity contribution in [2.75, 3.05) is 40.5 Å². The topological polar surface area (TPSA) is 110 Å². The first-order chi connectivity index (χ1) is 24.5. The monoisotopic (exact) mass is 811 g/mol. The molecule has 4 heterocycles. The van der Waals surface area contributed by atoms with Crippen LogP contribution < -0.4 is 9.64 Å². The zero-order valence-electron chi connectivity index (χ0n) is 30.9. The van der Waals surface area contributed by atoms with Crippen LogP contribution in [0.4, 0.5) is 10.6 Å². The number of alkyl halides is 2. The van der Waals surface area contributed by atoms with Gasteiger partial charge in [-0.1, -0.05) is 0 Å². The SMILES string of the molecule is COc1c(C)cc(C23CCC(CN(C(=O)C4CCI(OC(=O)N5CCC(O)C5)CC4)c4cc(-c5cnn(C(C)C)c5)ccn4)(CC2)CC3)cc1C. The number of anilines is 1. The standard InChI is InChI=1S/C40H54IN5O5/c1-27(2)46-24-32(23-43-46)31-8-18-42-35(22-31)45(37(48)30-6-16-41(17-7-30)51-38(49)44-19-9-34(47)25-44)26-39-10-13-40(14-11-39,15-12-39)33-20-28(3)36(50-5)29(4)21-33/h8,18,20-24,27,30,34,47H,6-7,9-17,19,25-26H2,1-5H3. The molecule has 1 N–H and O–H groups in total. The third-order valence-corrected chi connectivity index (χ3v) is 16.9. The van der Waals surface area contributed by atoms with Crippen LogP contribution in [0.15, 0.2) is 42.9 Å². The molecule has 11 heteroatoms. The van der Waals surface area contributed by atoms with Crippen LogP contribution in [0.1, 0.15) is 94.4 Å². The number of methoxy groups -OCH3 is 1. The van der Waals surface area contributed by atoms with Crippen molar-refractivity contribution < 1.29 is 22.5 Å². The second kappa shape index (κ2) is 14.7. The zero-order valence-corrected chi connectivity index (χ0v) is 33.0. The van der Waals surface area contributed by atoms with Crippen molar-refractivity contribution in [3.05, 3.63) is 59.5 Å².